The Bertz CT molecular complexity index is 739. The largest absolute Gasteiger partial charge is 0.465 e. The monoisotopic (exact) mass is 344 g/mol. The zero-order valence-electron chi connectivity index (χ0n) is 12.6. The van der Waals surface area contributed by atoms with Crippen molar-refractivity contribution < 1.29 is 27.6 Å². The van der Waals surface area contributed by atoms with Crippen molar-refractivity contribution in [1.29, 1.82) is 0 Å². The van der Waals surface area contributed by atoms with Gasteiger partial charge >= 0.3 is 5.97 Å². The molecule has 0 amide bonds. The fourth-order valence-corrected chi connectivity index (χ4v) is 3.21. The topological polar surface area (TPSA) is 116 Å². The van der Waals surface area contributed by atoms with Crippen molar-refractivity contribution in [2.45, 2.75) is 4.90 Å². The van der Waals surface area contributed by atoms with Gasteiger partial charge in [-0.15, -0.1) is 0 Å². The lowest BCUT2D eigenvalue weighted by Crippen LogP contribution is -2.36. The molecule has 10 heteroatoms. The molecule has 1 aromatic rings. The van der Waals surface area contributed by atoms with Gasteiger partial charge < -0.3 is 14.4 Å². The second-order valence-electron chi connectivity index (χ2n) is 4.96. The third-order valence-corrected chi connectivity index (χ3v) is 4.57. The van der Waals surface area contributed by atoms with E-state index in [2.05, 4.69) is 4.74 Å². The first kappa shape index (κ1) is 17.2. The molecule has 1 aliphatic heterocycles. The second kappa shape index (κ2) is 6.50. The van der Waals surface area contributed by atoms with Crippen molar-refractivity contribution in [2.75, 3.05) is 44.6 Å². The minimum Gasteiger partial charge on any atom is -0.465 e. The lowest BCUT2D eigenvalue weighted by Gasteiger charge is -2.29. The number of anilines is 1. The standard InChI is InChI=1S/C13H16N2O7S/c1-21-13(16)9-7-11(15(17)18)10(8-12(9)23(2,19)20)14-3-5-22-6-4-14/h7-8H,3-6H2,1-2H3. The summed E-state index contributed by atoms with van der Waals surface area (Å²) < 4.78 is 33.7. The third-order valence-electron chi connectivity index (χ3n) is 3.43. The highest BCUT2D eigenvalue weighted by Crippen LogP contribution is 2.34. The van der Waals surface area contributed by atoms with Crippen LogP contribution in [0, 0.1) is 10.1 Å². The van der Waals surface area contributed by atoms with E-state index in [1.54, 1.807) is 4.90 Å². The lowest BCUT2D eigenvalue weighted by molar-refractivity contribution is -0.384. The van der Waals surface area contributed by atoms with Crippen molar-refractivity contribution in [3.63, 3.8) is 0 Å². The number of sulfone groups is 1. The van der Waals surface area contributed by atoms with Crippen LogP contribution in [0.2, 0.25) is 0 Å². The summed E-state index contributed by atoms with van der Waals surface area (Å²) in [5, 5.41) is 11.3. The molecule has 1 heterocycles. The van der Waals surface area contributed by atoms with Crippen LogP contribution in [0.1, 0.15) is 10.4 Å². The smallest absolute Gasteiger partial charge is 0.339 e. The van der Waals surface area contributed by atoms with E-state index in [-0.39, 0.29) is 21.8 Å². The Labute approximate surface area is 132 Å². The molecule has 0 spiro atoms. The number of methoxy groups -OCH3 is 1. The molecule has 0 aliphatic carbocycles. The van der Waals surface area contributed by atoms with Crippen LogP contribution in [0.4, 0.5) is 11.4 Å². The van der Waals surface area contributed by atoms with E-state index in [4.69, 9.17) is 4.74 Å². The van der Waals surface area contributed by atoms with Crippen LogP contribution in [-0.4, -0.2) is 59.0 Å². The summed E-state index contributed by atoms with van der Waals surface area (Å²) in [5.74, 6) is -0.943. The van der Waals surface area contributed by atoms with Gasteiger partial charge in [-0.05, 0) is 6.07 Å². The number of morpholine rings is 1. The summed E-state index contributed by atoms with van der Waals surface area (Å²) in [6.07, 6.45) is 0.934. The SMILES string of the molecule is COC(=O)c1cc([N+](=O)[O-])c(N2CCOCC2)cc1S(C)(=O)=O. The highest BCUT2D eigenvalue weighted by molar-refractivity contribution is 7.90. The molecule has 0 N–H and O–H groups in total. The average molecular weight is 344 g/mol. The number of carbonyl (C=O) groups excluding carboxylic acids is 1. The maximum Gasteiger partial charge on any atom is 0.339 e. The van der Waals surface area contributed by atoms with Gasteiger partial charge in [-0.3, -0.25) is 10.1 Å². The molecule has 1 saturated heterocycles. The van der Waals surface area contributed by atoms with Crippen LogP contribution in [0.3, 0.4) is 0 Å². The molecule has 1 aromatic carbocycles. The highest BCUT2D eigenvalue weighted by Gasteiger charge is 2.29. The van der Waals surface area contributed by atoms with Gasteiger partial charge in [0.15, 0.2) is 9.84 Å². The van der Waals surface area contributed by atoms with E-state index in [0.29, 0.717) is 26.3 Å². The van der Waals surface area contributed by atoms with E-state index < -0.39 is 20.7 Å². The zero-order chi connectivity index (χ0) is 17.2. The number of carbonyl (C=O) groups is 1. The maximum absolute atomic E-state index is 12.0. The molecule has 1 aliphatic rings. The lowest BCUT2D eigenvalue weighted by atomic mass is 10.1. The molecular formula is C13H16N2O7S. The van der Waals surface area contributed by atoms with Crippen LogP contribution in [0.25, 0.3) is 0 Å². The van der Waals surface area contributed by atoms with Gasteiger partial charge in [0, 0.05) is 25.4 Å². The fraction of sp³-hybridized carbons (Fsp3) is 0.462. The number of nitrogens with zero attached hydrogens (tertiary/aromatic N) is 2. The van der Waals surface area contributed by atoms with Gasteiger partial charge in [-0.1, -0.05) is 0 Å². The van der Waals surface area contributed by atoms with E-state index in [1.807, 2.05) is 0 Å². The van der Waals surface area contributed by atoms with E-state index in [0.717, 1.165) is 25.5 Å². The van der Waals surface area contributed by atoms with E-state index in [1.165, 1.54) is 0 Å². The van der Waals surface area contributed by atoms with Crippen molar-refractivity contribution in [3.05, 3.63) is 27.8 Å². The van der Waals surface area contributed by atoms with Crippen molar-refractivity contribution in [1.82, 2.24) is 0 Å². The summed E-state index contributed by atoms with van der Waals surface area (Å²) in [4.78, 5) is 23.9. The number of rotatable bonds is 4. The minimum absolute atomic E-state index is 0.145. The highest BCUT2D eigenvalue weighted by atomic mass is 32.2. The number of nitro groups is 1. The molecule has 0 atom stereocenters. The van der Waals surface area contributed by atoms with Gasteiger partial charge in [-0.2, -0.15) is 0 Å². The molecule has 0 radical (unpaired) electrons. The predicted molar refractivity (Wildman–Crippen MR) is 80.6 cm³/mol. The van der Waals surface area contributed by atoms with E-state index >= 15 is 0 Å². The Kier molecular flexibility index (Phi) is 4.85. The maximum atomic E-state index is 12.0. The van der Waals surface area contributed by atoms with Crippen LogP contribution >= 0.6 is 0 Å². The molecule has 126 valence electrons. The first-order valence-corrected chi connectivity index (χ1v) is 8.58. The number of hydrogen-bond donors (Lipinski definition) is 0. The van der Waals surface area contributed by atoms with Crippen LogP contribution in [0.15, 0.2) is 17.0 Å². The Morgan fingerprint density at radius 1 is 1.35 bits per heavy atom. The van der Waals surface area contributed by atoms with Crippen molar-refractivity contribution in [3.8, 4) is 0 Å². The van der Waals surface area contributed by atoms with Crippen molar-refractivity contribution >= 4 is 27.2 Å². The van der Waals surface area contributed by atoms with Gasteiger partial charge in [0.25, 0.3) is 5.69 Å². The third kappa shape index (κ3) is 3.59. The summed E-state index contributed by atoms with van der Waals surface area (Å²) in [6.45, 7) is 1.54. The molecule has 9 nitrogen and oxygen atoms in total. The number of ether oxygens (including phenoxy) is 2. The minimum atomic E-state index is -3.77. The summed E-state index contributed by atoms with van der Waals surface area (Å²) in [5.41, 5.74) is -0.551. The fourth-order valence-electron chi connectivity index (χ4n) is 2.34. The molecular weight excluding hydrogens is 328 g/mol. The van der Waals surface area contributed by atoms with Gasteiger partial charge in [-0.25, -0.2) is 13.2 Å². The number of esters is 1. The Morgan fingerprint density at radius 2 is 1.96 bits per heavy atom. The predicted octanol–water partition coefficient (Wildman–Crippen LogP) is 0.622. The summed E-state index contributed by atoms with van der Waals surface area (Å²) in [6, 6.07) is 2.11. The van der Waals surface area contributed by atoms with Gasteiger partial charge in [0.2, 0.25) is 0 Å². The van der Waals surface area contributed by atoms with Gasteiger partial charge in [0.05, 0.1) is 35.7 Å². The van der Waals surface area contributed by atoms with Gasteiger partial charge in [0.1, 0.15) is 5.69 Å². The molecule has 0 saturated carbocycles. The van der Waals surface area contributed by atoms with Crippen LogP contribution in [-0.2, 0) is 19.3 Å². The normalized spacial score (nSPS) is 15.3. The quantitative estimate of drug-likeness (QED) is 0.443. The number of benzene rings is 1. The number of nitro benzene ring substituents is 1. The van der Waals surface area contributed by atoms with Crippen molar-refractivity contribution in [2.24, 2.45) is 0 Å². The van der Waals surface area contributed by atoms with Crippen LogP contribution in [0.5, 0.6) is 0 Å². The van der Waals surface area contributed by atoms with Crippen LogP contribution < -0.4 is 4.90 Å². The summed E-state index contributed by atoms with van der Waals surface area (Å²) in [7, 11) is -2.69. The molecule has 0 bridgehead atoms. The van der Waals surface area contributed by atoms with E-state index in [9.17, 15) is 23.3 Å². The Hall–Kier alpha value is -2.20. The molecule has 0 unspecified atom stereocenters. The second-order valence-corrected chi connectivity index (χ2v) is 6.94. The first-order chi connectivity index (χ1) is 10.8. The first-order valence-electron chi connectivity index (χ1n) is 6.69. The summed E-state index contributed by atoms with van der Waals surface area (Å²) >= 11 is 0. The number of hydrogen-bond acceptors (Lipinski definition) is 8. The molecule has 2 rings (SSSR count). The zero-order valence-corrected chi connectivity index (χ0v) is 13.5. The average Bonchev–Trinajstić information content (AvgIpc) is 2.52. The molecule has 1 fully saturated rings. The molecule has 23 heavy (non-hydrogen) atoms. The Morgan fingerprint density at radius 3 is 2.43 bits per heavy atom. The molecule has 0 aromatic heterocycles. The Balaban J connectivity index is 2.70.